The van der Waals surface area contributed by atoms with E-state index < -0.39 is 0 Å². The fourth-order valence-electron chi connectivity index (χ4n) is 2.75. The van der Waals surface area contributed by atoms with E-state index in [9.17, 15) is 0 Å². The van der Waals surface area contributed by atoms with E-state index >= 15 is 0 Å². The zero-order valence-electron chi connectivity index (χ0n) is 11.2. The molecule has 0 atom stereocenters. The second-order valence-corrected chi connectivity index (χ2v) is 5.05. The summed E-state index contributed by atoms with van der Waals surface area (Å²) in [6.07, 6.45) is 0. The zero-order chi connectivity index (χ0) is 13.5. The number of rotatable bonds is 1. The second kappa shape index (κ2) is 4.20. The fraction of sp³-hybridized carbons (Fsp3) is 0.0556. The Kier molecular flexibility index (Phi) is 2.36. The molecule has 4 rings (SSSR count). The predicted molar refractivity (Wildman–Crippen MR) is 83.7 cm³/mol. The van der Waals surface area contributed by atoms with Crippen LogP contribution in [0.15, 0.2) is 66.7 Å². The molecule has 0 saturated heterocycles. The van der Waals surface area contributed by atoms with Gasteiger partial charge in [0.25, 0.3) is 0 Å². The predicted octanol–water partition coefficient (Wildman–Crippen LogP) is 4.39. The molecule has 0 aliphatic carbocycles. The number of nitrogens with zero attached hydrogens (tertiary/aromatic N) is 2. The third-order valence-electron chi connectivity index (χ3n) is 3.77. The largest absolute Gasteiger partial charge is 0.267 e. The molecule has 4 aromatic rings. The maximum absolute atomic E-state index is 4.70. The van der Waals surface area contributed by atoms with Gasteiger partial charge in [-0.2, -0.15) is 5.10 Å². The molecule has 20 heavy (non-hydrogen) atoms. The summed E-state index contributed by atoms with van der Waals surface area (Å²) in [5.74, 6) is 0. The highest BCUT2D eigenvalue weighted by molar-refractivity contribution is 6.02. The summed E-state index contributed by atoms with van der Waals surface area (Å²) in [7, 11) is 2.00. The van der Waals surface area contributed by atoms with Crippen LogP contribution in [0, 0.1) is 0 Å². The van der Waals surface area contributed by atoms with Crippen LogP contribution in [-0.4, -0.2) is 9.78 Å². The van der Waals surface area contributed by atoms with Gasteiger partial charge in [0, 0.05) is 18.0 Å². The molecule has 0 aliphatic rings. The first-order valence-corrected chi connectivity index (χ1v) is 6.74. The fourth-order valence-corrected chi connectivity index (χ4v) is 2.75. The van der Waals surface area contributed by atoms with Crippen LogP contribution >= 0.6 is 0 Å². The summed E-state index contributed by atoms with van der Waals surface area (Å²) < 4.78 is 1.96. The monoisotopic (exact) mass is 258 g/mol. The van der Waals surface area contributed by atoms with Gasteiger partial charge in [0.05, 0.1) is 5.52 Å². The molecular weight excluding hydrogens is 244 g/mol. The highest BCUT2D eigenvalue weighted by Crippen LogP contribution is 2.30. The van der Waals surface area contributed by atoms with E-state index in [4.69, 9.17) is 5.10 Å². The standard InChI is InChI=1S/C18H14N2/c1-20-17-12-15-10-6-5-9-14(15)11-16(17)18(19-20)13-7-3-2-4-8-13/h2-12H,1H3. The Morgan fingerprint density at radius 2 is 1.45 bits per heavy atom. The third-order valence-corrected chi connectivity index (χ3v) is 3.77. The topological polar surface area (TPSA) is 17.8 Å². The third kappa shape index (κ3) is 1.62. The Morgan fingerprint density at radius 3 is 2.20 bits per heavy atom. The molecule has 1 aromatic heterocycles. The minimum Gasteiger partial charge on any atom is -0.267 e. The molecule has 2 heteroatoms. The average Bonchev–Trinajstić information content (AvgIpc) is 2.83. The normalized spacial score (nSPS) is 11.2. The van der Waals surface area contributed by atoms with Crippen molar-refractivity contribution in [2.45, 2.75) is 0 Å². The van der Waals surface area contributed by atoms with Crippen LogP contribution in [0.25, 0.3) is 32.9 Å². The molecular formula is C18H14N2. The molecule has 96 valence electrons. The van der Waals surface area contributed by atoms with Crippen LogP contribution in [0.4, 0.5) is 0 Å². The van der Waals surface area contributed by atoms with Crippen molar-refractivity contribution >= 4 is 21.7 Å². The SMILES string of the molecule is Cn1nc(-c2ccccc2)c2cc3ccccc3cc21. The quantitative estimate of drug-likeness (QED) is 0.495. The van der Waals surface area contributed by atoms with E-state index in [1.54, 1.807) is 0 Å². The summed E-state index contributed by atoms with van der Waals surface area (Å²) in [6, 6.07) is 23.2. The summed E-state index contributed by atoms with van der Waals surface area (Å²) in [6.45, 7) is 0. The van der Waals surface area contributed by atoms with Gasteiger partial charge in [0.15, 0.2) is 0 Å². The van der Waals surface area contributed by atoms with Crippen LogP contribution in [0.3, 0.4) is 0 Å². The van der Waals surface area contributed by atoms with Crippen molar-refractivity contribution in [3.8, 4) is 11.3 Å². The highest BCUT2D eigenvalue weighted by Gasteiger charge is 2.11. The number of hydrogen-bond acceptors (Lipinski definition) is 1. The average molecular weight is 258 g/mol. The van der Waals surface area contributed by atoms with Gasteiger partial charge in [-0.3, -0.25) is 4.68 Å². The Hall–Kier alpha value is -2.61. The van der Waals surface area contributed by atoms with Crippen LogP contribution in [0.2, 0.25) is 0 Å². The second-order valence-electron chi connectivity index (χ2n) is 5.05. The molecule has 0 N–H and O–H groups in total. The number of hydrogen-bond donors (Lipinski definition) is 0. The molecule has 3 aromatic carbocycles. The van der Waals surface area contributed by atoms with E-state index in [-0.39, 0.29) is 0 Å². The Morgan fingerprint density at radius 1 is 0.800 bits per heavy atom. The number of benzene rings is 3. The first-order valence-electron chi connectivity index (χ1n) is 6.74. The van der Waals surface area contributed by atoms with Crippen LogP contribution in [0.1, 0.15) is 0 Å². The van der Waals surface area contributed by atoms with E-state index in [1.807, 2.05) is 17.8 Å². The van der Waals surface area contributed by atoms with Gasteiger partial charge in [-0.1, -0.05) is 54.6 Å². The van der Waals surface area contributed by atoms with Crippen molar-refractivity contribution in [1.29, 1.82) is 0 Å². The van der Waals surface area contributed by atoms with Crippen LogP contribution < -0.4 is 0 Å². The lowest BCUT2D eigenvalue weighted by atomic mass is 10.0. The van der Waals surface area contributed by atoms with Gasteiger partial charge in [-0.25, -0.2) is 0 Å². The summed E-state index contributed by atoms with van der Waals surface area (Å²) in [4.78, 5) is 0. The van der Waals surface area contributed by atoms with Gasteiger partial charge in [-0.05, 0) is 22.9 Å². The van der Waals surface area contributed by atoms with Gasteiger partial charge in [-0.15, -0.1) is 0 Å². The molecule has 0 spiro atoms. The Labute approximate surface area is 117 Å². The van der Waals surface area contributed by atoms with Crippen LogP contribution in [-0.2, 0) is 7.05 Å². The van der Waals surface area contributed by atoms with Gasteiger partial charge >= 0.3 is 0 Å². The van der Waals surface area contributed by atoms with Gasteiger partial charge < -0.3 is 0 Å². The summed E-state index contributed by atoms with van der Waals surface area (Å²) >= 11 is 0. The van der Waals surface area contributed by atoms with E-state index in [0.29, 0.717) is 0 Å². The number of aromatic nitrogens is 2. The smallest absolute Gasteiger partial charge is 0.100 e. The lowest BCUT2D eigenvalue weighted by Gasteiger charge is -2.00. The molecule has 0 unspecified atom stereocenters. The molecule has 0 fully saturated rings. The van der Waals surface area contributed by atoms with E-state index in [0.717, 1.165) is 11.3 Å². The van der Waals surface area contributed by atoms with Crippen molar-refractivity contribution in [1.82, 2.24) is 9.78 Å². The molecule has 0 amide bonds. The summed E-state index contributed by atoms with van der Waals surface area (Å²) in [5.41, 5.74) is 3.38. The van der Waals surface area contributed by atoms with Crippen molar-refractivity contribution in [3.63, 3.8) is 0 Å². The van der Waals surface area contributed by atoms with Crippen LogP contribution in [0.5, 0.6) is 0 Å². The lowest BCUT2D eigenvalue weighted by molar-refractivity contribution is 0.801. The van der Waals surface area contributed by atoms with Crippen molar-refractivity contribution in [2.75, 3.05) is 0 Å². The van der Waals surface area contributed by atoms with Crippen molar-refractivity contribution in [2.24, 2.45) is 7.05 Å². The Bertz CT molecular complexity index is 905. The van der Waals surface area contributed by atoms with Crippen molar-refractivity contribution in [3.05, 3.63) is 66.7 Å². The minimum atomic E-state index is 1.05. The van der Waals surface area contributed by atoms with E-state index in [1.165, 1.54) is 21.7 Å². The minimum absolute atomic E-state index is 1.05. The maximum Gasteiger partial charge on any atom is 0.100 e. The summed E-state index contributed by atoms with van der Waals surface area (Å²) in [5, 5.41) is 8.41. The first kappa shape index (κ1) is 11.2. The molecule has 0 aliphatic heterocycles. The van der Waals surface area contributed by atoms with Gasteiger partial charge in [0.2, 0.25) is 0 Å². The molecule has 0 radical (unpaired) electrons. The molecule has 2 nitrogen and oxygen atoms in total. The van der Waals surface area contributed by atoms with E-state index in [2.05, 4.69) is 60.7 Å². The molecule has 0 saturated carbocycles. The maximum atomic E-state index is 4.70. The number of fused-ring (bicyclic) bond motifs is 2. The highest BCUT2D eigenvalue weighted by atomic mass is 15.3. The van der Waals surface area contributed by atoms with Gasteiger partial charge in [0.1, 0.15) is 5.69 Å². The first-order chi connectivity index (χ1) is 9.83. The number of aryl methyl sites for hydroxylation is 1. The molecule has 0 bridgehead atoms. The zero-order valence-corrected chi connectivity index (χ0v) is 11.2. The molecule has 1 heterocycles. The Balaban J connectivity index is 2.10. The lowest BCUT2D eigenvalue weighted by Crippen LogP contribution is -1.89. The van der Waals surface area contributed by atoms with Crippen molar-refractivity contribution < 1.29 is 0 Å².